The molecule has 0 radical (unpaired) electrons. The summed E-state index contributed by atoms with van der Waals surface area (Å²) in [6.45, 7) is 12.7. The van der Waals surface area contributed by atoms with E-state index in [1.54, 1.807) is 0 Å². The minimum Gasteiger partial charge on any atom is -0.296 e. The molecule has 4 rings (SSSR count). The van der Waals surface area contributed by atoms with Crippen LogP contribution in [0.25, 0.3) is 32.9 Å². The van der Waals surface area contributed by atoms with Crippen molar-refractivity contribution in [2.45, 2.75) is 13.8 Å². The van der Waals surface area contributed by atoms with E-state index in [-0.39, 0.29) is 20.1 Å². The van der Waals surface area contributed by atoms with Gasteiger partial charge in [0, 0.05) is 5.39 Å². The third kappa shape index (κ3) is 5.19. The first kappa shape index (κ1) is 21.6. The Morgan fingerprint density at radius 3 is 2.07 bits per heavy atom. The van der Waals surface area contributed by atoms with Crippen LogP contribution in [0, 0.1) is 19.6 Å². The van der Waals surface area contributed by atoms with Crippen LogP contribution in [0.3, 0.4) is 0 Å². The summed E-state index contributed by atoms with van der Waals surface area (Å²) in [7, 11) is 0. The summed E-state index contributed by atoms with van der Waals surface area (Å²) < 4.78 is 0. The summed E-state index contributed by atoms with van der Waals surface area (Å²) in [5.41, 5.74) is 4.88. The molecule has 0 aliphatic carbocycles. The summed E-state index contributed by atoms with van der Waals surface area (Å²) in [6.07, 6.45) is 1.83. The molecule has 0 spiro atoms. The van der Waals surface area contributed by atoms with Crippen molar-refractivity contribution in [2.24, 2.45) is 0 Å². The van der Waals surface area contributed by atoms with Gasteiger partial charge in [0.25, 0.3) is 0 Å². The molecule has 1 aromatic heterocycles. The molecular weight excluding hydrogens is 519 g/mol. The van der Waals surface area contributed by atoms with Crippen molar-refractivity contribution < 1.29 is 20.1 Å². The Kier molecular flexibility index (Phi) is 7.75. The van der Waals surface area contributed by atoms with Gasteiger partial charge in [0.15, 0.2) is 0 Å². The molecule has 140 valence electrons. The third-order valence-corrected chi connectivity index (χ3v) is 4.05. The first-order valence-electron chi connectivity index (χ1n) is 8.90. The first-order valence-corrected chi connectivity index (χ1v) is 8.90. The van der Waals surface area contributed by atoms with Crippen molar-refractivity contribution in [3.63, 3.8) is 0 Å². The SMILES string of the molecule is [CH-]=C(C)/C=C(\[CH2-])C.[Ir+3].[c-]1ccccc1-c1nc2ccccc2c2ccccc12. The Hall–Kier alpha value is -2.67. The van der Waals surface area contributed by atoms with Gasteiger partial charge in [-0.25, -0.2) is 24.1 Å². The van der Waals surface area contributed by atoms with Crippen LogP contribution >= 0.6 is 0 Å². The molecule has 4 aromatic rings. The van der Waals surface area contributed by atoms with Crippen molar-refractivity contribution in [1.82, 2.24) is 4.98 Å². The molecule has 1 heterocycles. The largest absolute Gasteiger partial charge is 3.00 e. The Morgan fingerprint density at radius 2 is 1.50 bits per heavy atom. The van der Waals surface area contributed by atoms with Gasteiger partial charge in [-0.2, -0.15) is 0 Å². The van der Waals surface area contributed by atoms with Crippen molar-refractivity contribution in [3.05, 3.63) is 110 Å². The topological polar surface area (TPSA) is 12.9 Å². The van der Waals surface area contributed by atoms with Gasteiger partial charge >= 0.3 is 20.1 Å². The molecule has 0 unspecified atom stereocenters. The minimum atomic E-state index is 0. The van der Waals surface area contributed by atoms with Crippen LogP contribution < -0.4 is 0 Å². The summed E-state index contributed by atoms with van der Waals surface area (Å²) >= 11 is 0. The standard InChI is InChI=1S/C19H12N.C7H10.Ir/c1-2-8-14(9-3-1)19-17-12-5-4-10-15(17)16-11-6-7-13-18(16)20-19;1-6(2)5-7(3)4;/h1-8,10-13H;1,5H,3H2,2,4H3;/q-1;-2;+3/b;7-5+;. The summed E-state index contributed by atoms with van der Waals surface area (Å²) in [5.74, 6) is 0. The summed E-state index contributed by atoms with van der Waals surface area (Å²) in [6, 6.07) is 28.0. The van der Waals surface area contributed by atoms with Crippen LogP contribution in [0.1, 0.15) is 13.8 Å². The fourth-order valence-corrected chi connectivity index (χ4v) is 3.04. The normalized spacial score (nSPS) is 10.7. The smallest absolute Gasteiger partial charge is 0.296 e. The van der Waals surface area contributed by atoms with Crippen LogP contribution in [-0.4, -0.2) is 4.98 Å². The Bertz CT molecular complexity index is 1110. The summed E-state index contributed by atoms with van der Waals surface area (Å²) in [5, 5.41) is 3.61. The van der Waals surface area contributed by atoms with Crippen molar-refractivity contribution in [3.8, 4) is 11.3 Å². The fourth-order valence-electron chi connectivity index (χ4n) is 3.04. The van der Waals surface area contributed by atoms with Crippen LogP contribution in [0.2, 0.25) is 0 Å². The molecule has 0 bridgehead atoms. The van der Waals surface area contributed by atoms with E-state index in [1.807, 2.05) is 44.2 Å². The maximum absolute atomic E-state index is 5.29. The van der Waals surface area contributed by atoms with Crippen LogP contribution in [-0.2, 0) is 20.1 Å². The number of allylic oxidation sites excluding steroid dienone is 3. The van der Waals surface area contributed by atoms with Gasteiger partial charge in [-0.1, -0.05) is 56.3 Å². The van der Waals surface area contributed by atoms with E-state index in [0.717, 1.165) is 27.9 Å². The third-order valence-electron chi connectivity index (χ3n) is 4.05. The van der Waals surface area contributed by atoms with Crippen LogP contribution in [0.15, 0.2) is 90.0 Å². The molecule has 0 amide bonds. The monoisotopic (exact) mass is 541 g/mol. The number of hydrogen-bond acceptors (Lipinski definition) is 1. The number of hydrogen-bond donors (Lipinski definition) is 0. The first-order chi connectivity index (χ1) is 13.1. The van der Waals surface area contributed by atoms with E-state index >= 15 is 0 Å². The van der Waals surface area contributed by atoms with Gasteiger partial charge in [0.1, 0.15) is 0 Å². The zero-order valence-corrected chi connectivity index (χ0v) is 18.5. The Morgan fingerprint density at radius 1 is 0.893 bits per heavy atom. The number of nitrogens with zero attached hydrogens (tertiary/aromatic N) is 1. The average Bonchev–Trinajstić information content (AvgIpc) is 2.67. The van der Waals surface area contributed by atoms with E-state index in [0.29, 0.717) is 0 Å². The number of pyridine rings is 1. The number of rotatable bonds is 2. The molecule has 0 aliphatic heterocycles. The number of para-hydroxylation sites is 1. The number of benzene rings is 3. The van der Waals surface area contributed by atoms with E-state index in [2.05, 4.69) is 61.5 Å². The molecule has 2 heteroatoms. The van der Waals surface area contributed by atoms with Gasteiger partial charge in [-0.05, 0) is 22.5 Å². The molecule has 3 aromatic carbocycles. The second-order valence-electron chi connectivity index (χ2n) is 6.53. The van der Waals surface area contributed by atoms with Crippen LogP contribution in [0.4, 0.5) is 0 Å². The van der Waals surface area contributed by atoms with Crippen LogP contribution in [0.5, 0.6) is 0 Å². The summed E-state index contributed by atoms with van der Waals surface area (Å²) in [4.78, 5) is 4.84. The molecule has 0 saturated carbocycles. The minimum absolute atomic E-state index is 0. The quantitative estimate of drug-likeness (QED) is 0.152. The number of aromatic nitrogens is 1. The van der Waals surface area contributed by atoms with Gasteiger partial charge in [0.05, 0.1) is 5.52 Å². The fraction of sp³-hybridized carbons (Fsp3) is 0.0769. The molecule has 0 N–H and O–H groups in total. The Labute approximate surface area is 181 Å². The van der Waals surface area contributed by atoms with E-state index in [9.17, 15) is 0 Å². The molecular formula is C26H22IrN. The van der Waals surface area contributed by atoms with Gasteiger partial charge < -0.3 is 0 Å². The number of fused-ring (bicyclic) bond motifs is 3. The maximum atomic E-state index is 5.29. The zero-order valence-electron chi connectivity index (χ0n) is 16.1. The maximum Gasteiger partial charge on any atom is 3.00 e. The van der Waals surface area contributed by atoms with Gasteiger partial charge in [0.2, 0.25) is 0 Å². The Balaban J connectivity index is 0.000000306. The predicted molar refractivity (Wildman–Crippen MR) is 116 cm³/mol. The van der Waals surface area contributed by atoms with Crippen molar-refractivity contribution in [2.75, 3.05) is 0 Å². The molecule has 0 saturated heterocycles. The van der Waals surface area contributed by atoms with Crippen molar-refractivity contribution in [1.29, 1.82) is 0 Å². The molecule has 0 aliphatic rings. The van der Waals surface area contributed by atoms with E-state index < -0.39 is 0 Å². The van der Waals surface area contributed by atoms with Gasteiger partial charge in [-0.3, -0.25) is 11.6 Å². The second kappa shape index (κ2) is 10.0. The van der Waals surface area contributed by atoms with Gasteiger partial charge in [-0.15, -0.1) is 35.9 Å². The molecule has 28 heavy (non-hydrogen) atoms. The zero-order chi connectivity index (χ0) is 19.2. The van der Waals surface area contributed by atoms with E-state index in [4.69, 9.17) is 11.6 Å². The molecule has 0 fully saturated rings. The molecule has 0 atom stereocenters. The molecule has 1 nitrogen and oxygen atoms in total. The predicted octanol–water partition coefficient (Wildman–Crippen LogP) is 7.00. The average molecular weight is 541 g/mol. The van der Waals surface area contributed by atoms with E-state index in [1.165, 1.54) is 16.2 Å². The van der Waals surface area contributed by atoms with Crippen molar-refractivity contribution >= 4 is 21.7 Å². The second-order valence-corrected chi connectivity index (χ2v) is 6.53.